The first-order chi connectivity index (χ1) is 7.86. The molecule has 1 saturated heterocycles. The highest BCUT2D eigenvalue weighted by molar-refractivity contribution is 5.81. The molecule has 5 nitrogen and oxygen atoms in total. The maximum atomic E-state index is 11.9. The van der Waals surface area contributed by atoms with Crippen molar-refractivity contribution in [2.45, 2.75) is 44.4 Å². The van der Waals surface area contributed by atoms with Crippen LogP contribution in [0.25, 0.3) is 0 Å². The van der Waals surface area contributed by atoms with Crippen molar-refractivity contribution in [2.75, 3.05) is 27.2 Å². The number of amides is 1. The molecule has 0 aromatic heterocycles. The van der Waals surface area contributed by atoms with Crippen LogP contribution in [0.3, 0.4) is 0 Å². The van der Waals surface area contributed by atoms with Gasteiger partial charge in [0.25, 0.3) is 0 Å². The van der Waals surface area contributed by atoms with Gasteiger partial charge in [-0.05, 0) is 40.8 Å². The van der Waals surface area contributed by atoms with Crippen LogP contribution in [0.1, 0.15) is 26.7 Å². The van der Waals surface area contributed by atoms with Crippen molar-refractivity contribution < 1.29 is 9.53 Å². The molecule has 3 N–H and O–H groups in total. The summed E-state index contributed by atoms with van der Waals surface area (Å²) in [5.41, 5.74) is 5.46. The molecule has 17 heavy (non-hydrogen) atoms. The molecule has 1 fully saturated rings. The van der Waals surface area contributed by atoms with Crippen molar-refractivity contribution in [1.29, 1.82) is 0 Å². The van der Waals surface area contributed by atoms with Crippen LogP contribution >= 0.6 is 0 Å². The zero-order chi connectivity index (χ0) is 13.1. The monoisotopic (exact) mass is 243 g/mol. The molecule has 0 radical (unpaired) electrons. The minimum atomic E-state index is -0.318. The molecule has 1 amide bonds. The van der Waals surface area contributed by atoms with Gasteiger partial charge in [0.2, 0.25) is 5.91 Å². The third-order valence-corrected chi connectivity index (χ3v) is 3.57. The molecule has 1 aliphatic heterocycles. The number of ether oxygens (including phenoxy) is 1. The van der Waals surface area contributed by atoms with E-state index >= 15 is 0 Å². The largest absolute Gasteiger partial charge is 0.364 e. The van der Waals surface area contributed by atoms with Crippen LogP contribution in [0, 0.1) is 0 Å². The van der Waals surface area contributed by atoms with Gasteiger partial charge < -0.3 is 20.7 Å². The van der Waals surface area contributed by atoms with Gasteiger partial charge in [-0.3, -0.25) is 4.79 Å². The van der Waals surface area contributed by atoms with E-state index in [4.69, 9.17) is 10.5 Å². The normalized spacial score (nSPS) is 25.3. The molecule has 0 aromatic rings. The summed E-state index contributed by atoms with van der Waals surface area (Å²) in [6, 6.07) is 0. The lowest BCUT2D eigenvalue weighted by molar-refractivity contribution is -0.132. The van der Waals surface area contributed by atoms with E-state index in [1.807, 2.05) is 14.1 Å². The van der Waals surface area contributed by atoms with Crippen LogP contribution in [0.5, 0.6) is 0 Å². The quantitative estimate of drug-likeness (QED) is 0.710. The maximum absolute atomic E-state index is 11.9. The van der Waals surface area contributed by atoms with E-state index in [0.717, 1.165) is 12.8 Å². The Labute approximate surface area is 104 Å². The van der Waals surface area contributed by atoms with Crippen molar-refractivity contribution in [3.63, 3.8) is 0 Å². The second-order valence-electron chi connectivity index (χ2n) is 5.48. The third-order valence-electron chi connectivity index (χ3n) is 3.57. The molecule has 0 saturated carbocycles. The number of hydrogen-bond acceptors (Lipinski definition) is 4. The minimum Gasteiger partial charge on any atom is -0.364 e. The molecule has 0 aromatic carbocycles. The van der Waals surface area contributed by atoms with E-state index in [-0.39, 0.29) is 23.7 Å². The molecule has 1 aliphatic rings. The first-order valence-corrected chi connectivity index (χ1v) is 6.17. The van der Waals surface area contributed by atoms with Gasteiger partial charge in [0, 0.05) is 18.6 Å². The number of hydrogen-bond donors (Lipinski definition) is 2. The van der Waals surface area contributed by atoms with E-state index in [2.05, 4.69) is 24.1 Å². The topological polar surface area (TPSA) is 67.6 Å². The lowest BCUT2D eigenvalue weighted by atomic mass is 10.0. The average molecular weight is 243 g/mol. The number of carbonyl (C=O) groups excluding carboxylic acids is 1. The number of nitrogens with one attached hydrogen (secondary N) is 1. The van der Waals surface area contributed by atoms with Gasteiger partial charge in [-0.15, -0.1) is 0 Å². The molecule has 1 heterocycles. The van der Waals surface area contributed by atoms with Crippen molar-refractivity contribution in [1.82, 2.24) is 10.2 Å². The summed E-state index contributed by atoms with van der Waals surface area (Å²) >= 11 is 0. The third kappa shape index (κ3) is 3.94. The van der Waals surface area contributed by atoms with Gasteiger partial charge in [-0.1, -0.05) is 0 Å². The zero-order valence-electron chi connectivity index (χ0n) is 11.3. The fourth-order valence-corrected chi connectivity index (χ4v) is 1.65. The molecule has 2 atom stereocenters. The van der Waals surface area contributed by atoms with Gasteiger partial charge in [-0.25, -0.2) is 0 Å². The van der Waals surface area contributed by atoms with E-state index in [9.17, 15) is 4.79 Å². The van der Waals surface area contributed by atoms with Crippen LogP contribution in [-0.2, 0) is 9.53 Å². The second kappa shape index (κ2) is 5.80. The molecular weight excluding hydrogens is 218 g/mol. The van der Waals surface area contributed by atoms with Crippen LogP contribution in [0.2, 0.25) is 0 Å². The number of rotatable bonds is 5. The fraction of sp³-hybridized carbons (Fsp3) is 0.917. The summed E-state index contributed by atoms with van der Waals surface area (Å²) in [7, 11) is 4.01. The van der Waals surface area contributed by atoms with Crippen LogP contribution < -0.4 is 11.1 Å². The van der Waals surface area contributed by atoms with Crippen molar-refractivity contribution in [3.8, 4) is 0 Å². The summed E-state index contributed by atoms with van der Waals surface area (Å²) in [5.74, 6) is -0.0177. The van der Waals surface area contributed by atoms with Gasteiger partial charge in [0.1, 0.15) is 6.10 Å². The first-order valence-electron chi connectivity index (χ1n) is 6.17. The Morgan fingerprint density at radius 3 is 2.59 bits per heavy atom. The summed E-state index contributed by atoms with van der Waals surface area (Å²) < 4.78 is 5.55. The van der Waals surface area contributed by atoms with Gasteiger partial charge >= 0.3 is 0 Å². The Morgan fingerprint density at radius 2 is 2.12 bits per heavy atom. The molecule has 0 spiro atoms. The molecule has 1 rings (SSSR count). The van der Waals surface area contributed by atoms with E-state index in [1.54, 1.807) is 0 Å². The smallest absolute Gasteiger partial charge is 0.249 e. The second-order valence-corrected chi connectivity index (χ2v) is 5.48. The number of likely N-dealkylation sites (N-methyl/N-ethyl adjacent to an activating group) is 1. The number of nitrogens with two attached hydrogens (primary N) is 1. The van der Waals surface area contributed by atoms with Crippen molar-refractivity contribution >= 4 is 5.91 Å². The summed E-state index contributed by atoms with van der Waals surface area (Å²) in [6.07, 6.45) is 1.39. The average Bonchev–Trinajstić information content (AvgIpc) is 2.74. The van der Waals surface area contributed by atoms with Gasteiger partial charge in [0.15, 0.2) is 0 Å². The van der Waals surface area contributed by atoms with Crippen LogP contribution in [0.4, 0.5) is 0 Å². The number of nitrogens with zero attached hydrogens (tertiary/aromatic N) is 1. The lowest BCUT2D eigenvalue weighted by Gasteiger charge is -2.33. The zero-order valence-corrected chi connectivity index (χ0v) is 11.3. The fourth-order valence-electron chi connectivity index (χ4n) is 1.65. The molecule has 100 valence electrons. The highest BCUT2D eigenvalue weighted by Crippen LogP contribution is 2.19. The standard InChI is InChI=1S/C12H25N3O2/c1-12(2,15(3)4)8-14-11(16)10-6-5-9(7-13)17-10/h9-10H,5-8,13H2,1-4H3,(H,14,16). The molecule has 2 unspecified atom stereocenters. The highest BCUT2D eigenvalue weighted by atomic mass is 16.5. The van der Waals surface area contributed by atoms with Crippen molar-refractivity contribution in [2.24, 2.45) is 5.73 Å². The molecular formula is C12H25N3O2. The summed E-state index contributed by atoms with van der Waals surface area (Å²) in [4.78, 5) is 14.0. The van der Waals surface area contributed by atoms with Crippen LogP contribution in [-0.4, -0.2) is 55.7 Å². The predicted molar refractivity (Wildman–Crippen MR) is 67.7 cm³/mol. The Hall–Kier alpha value is -0.650. The lowest BCUT2D eigenvalue weighted by Crippen LogP contribution is -2.50. The summed E-state index contributed by atoms with van der Waals surface area (Å²) in [5, 5.41) is 2.94. The Bertz CT molecular complexity index is 266. The molecule has 5 heteroatoms. The Kier molecular flexibility index (Phi) is 4.91. The Morgan fingerprint density at radius 1 is 1.47 bits per heavy atom. The summed E-state index contributed by atoms with van der Waals surface area (Å²) in [6.45, 7) is 5.29. The van der Waals surface area contributed by atoms with E-state index < -0.39 is 0 Å². The van der Waals surface area contributed by atoms with Crippen molar-refractivity contribution in [3.05, 3.63) is 0 Å². The Balaban J connectivity index is 2.36. The maximum Gasteiger partial charge on any atom is 0.249 e. The number of carbonyl (C=O) groups is 1. The first kappa shape index (κ1) is 14.4. The predicted octanol–water partition coefficient (Wildman–Crippen LogP) is -0.0509. The van der Waals surface area contributed by atoms with Gasteiger partial charge in [0.05, 0.1) is 6.10 Å². The van der Waals surface area contributed by atoms with E-state index in [0.29, 0.717) is 13.1 Å². The molecule has 0 aliphatic carbocycles. The van der Waals surface area contributed by atoms with E-state index in [1.165, 1.54) is 0 Å². The van der Waals surface area contributed by atoms with Crippen LogP contribution in [0.15, 0.2) is 0 Å². The minimum absolute atomic E-state index is 0.0177. The SMILES string of the molecule is CN(C)C(C)(C)CNC(=O)C1CCC(CN)O1. The highest BCUT2D eigenvalue weighted by Gasteiger charge is 2.31. The van der Waals surface area contributed by atoms with Gasteiger partial charge in [-0.2, -0.15) is 0 Å². The molecule has 0 bridgehead atoms.